The Hall–Kier alpha value is -1.67. The van der Waals surface area contributed by atoms with Crippen LogP contribution in [-0.4, -0.2) is 50.6 Å². The van der Waals surface area contributed by atoms with Gasteiger partial charge >= 0.3 is 0 Å². The Labute approximate surface area is 129 Å². The van der Waals surface area contributed by atoms with Gasteiger partial charge in [-0.1, -0.05) is 0 Å². The highest BCUT2D eigenvalue weighted by molar-refractivity contribution is 7.88. The molecule has 8 heteroatoms. The third-order valence-corrected chi connectivity index (χ3v) is 4.71. The molecular formula is C14H19FN2O4S. The van der Waals surface area contributed by atoms with Gasteiger partial charge in [-0.2, -0.15) is 4.31 Å². The molecule has 1 aromatic rings. The number of hydrogen-bond acceptors (Lipinski definition) is 4. The van der Waals surface area contributed by atoms with Gasteiger partial charge in [-0.3, -0.25) is 4.79 Å². The predicted octanol–water partition coefficient (Wildman–Crippen LogP) is 0.745. The largest absolute Gasteiger partial charge is 0.492 e. The molecule has 1 unspecified atom stereocenters. The van der Waals surface area contributed by atoms with Gasteiger partial charge in [0, 0.05) is 6.54 Å². The van der Waals surface area contributed by atoms with Crippen molar-refractivity contribution in [2.45, 2.75) is 18.9 Å². The molecule has 122 valence electrons. The van der Waals surface area contributed by atoms with Crippen LogP contribution in [0.15, 0.2) is 24.3 Å². The first-order chi connectivity index (χ1) is 10.4. The third kappa shape index (κ3) is 4.41. The monoisotopic (exact) mass is 330 g/mol. The van der Waals surface area contributed by atoms with Gasteiger partial charge < -0.3 is 10.1 Å². The molecule has 0 bridgehead atoms. The summed E-state index contributed by atoms with van der Waals surface area (Å²) in [5, 5.41) is 2.66. The molecule has 0 saturated carbocycles. The molecule has 1 N–H and O–H groups in total. The van der Waals surface area contributed by atoms with E-state index >= 15 is 0 Å². The summed E-state index contributed by atoms with van der Waals surface area (Å²) in [6.07, 6.45) is 2.31. The lowest BCUT2D eigenvalue weighted by atomic mass is 10.2. The van der Waals surface area contributed by atoms with Crippen LogP contribution < -0.4 is 10.1 Å². The quantitative estimate of drug-likeness (QED) is 0.781. The van der Waals surface area contributed by atoms with E-state index in [0.717, 1.165) is 6.26 Å². The summed E-state index contributed by atoms with van der Waals surface area (Å²) in [6, 6.07) is 4.94. The van der Waals surface area contributed by atoms with Gasteiger partial charge in [-0.15, -0.1) is 0 Å². The lowest BCUT2D eigenvalue weighted by Crippen LogP contribution is -2.46. The van der Waals surface area contributed by atoms with Crippen LogP contribution in [0.2, 0.25) is 0 Å². The van der Waals surface area contributed by atoms with E-state index in [1.807, 2.05) is 0 Å². The first kappa shape index (κ1) is 16.7. The summed E-state index contributed by atoms with van der Waals surface area (Å²) in [5.74, 6) is -0.150. The normalized spacial score (nSPS) is 19.1. The summed E-state index contributed by atoms with van der Waals surface area (Å²) >= 11 is 0. The minimum atomic E-state index is -3.37. The molecule has 0 spiro atoms. The molecule has 1 aliphatic rings. The second-order valence-corrected chi connectivity index (χ2v) is 7.06. The number of benzene rings is 1. The second kappa shape index (κ2) is 7.06. The molecule has 1 amide bonds. The van der Waals surface area contributed by atoms with Crippen molar-refractivity contribution in [3.63, 3.8) is 0 Å². The molecule has 1 saturated heterocycles. The zero-order valence-electron chi connectivity index (χ0n) is 12.3. The number of amides is 1. The molecule has 2 rings (SSSR count). The third-order valence-electron chi connectivity index (χ3n) is 3.42. The molecule has 0 aromatic heterocycles. The number of carbonyl (C=O) groups is 1. The number of sulfonamides is 1. The molecule has 0 aliphatic carbocycles. The molecule has 6 nitrogen and oxygen atoms in total. The van der Waals surface area contributed by atoms with Crippen molar-refractivity contribution in [2.24, 2.45) is 0 Å². The number of nitrogens with one attached hydrogen (secondary N) is 1. The fourth-order valence-electron chi connectivity index (χ4n) is 2.39. The minimum absolute atomic E-state index is 0.225. The fourth-order valence-corrected chi connectivity index (χ4v) is 3.52. The average molecular weight is 330 g/mol. The van der Waals surface area contributed by atoms with E-state index in [1.165, 1.54) is 28.6 Å². The molecule has 1 heterocycles. The maximum absolute atomic E-state index is 12.7. The van der Waals surface area contributed by atoms with E-state index < -0.39 is 16.1 Å². The van der Waals surface area contributed by atoms with E-state index in [-0.39, 0.29) is 24.9 Å². The number of nitrogens with zero attached hydrogens (tertiary/aromatic N) is 1. The van der Waals surface area contributed by atoms with Gasteiger partial charge in [-0.25, -0.2) is 12.8 Å². The number of hydrogen-bond donors (Lipinski definition) is 1. The predicted molar refractivity (Wildman–Crippen MR) is 79.5 cm³/mol. The molecule has 1 aliphatic heterocycles. The van der Waals surface area contributed by atoms with Crippen LogP contribution in [0.25, 0.3) is 0 Å². The maximum atomic E-state index is 12.7. The topological polar surface area (TPSA) is 75.7 Å². The first-order valence-corrected chi connectivity index (χ1v) is 8.85. The molecule has 1 atom stereocenters. The van der Waals surface area contributed by atoms with Crippen molar-refractivity contribution in [1.29, 1.82) is 0 Å². The average Bonchev–Trinajstić information content (AvgIpc) is 2.95. The molecule has 1 fully saturated rings. The van der Waals surface area contributed by atoms with Crippen LogP contribution in [0.1, 0.15) is 12.8 Å². The van der Waals surface area contributed by atoms with Crippen molar-refractivity contribution in [3.8, 4) is 5.75 Å². The van der Waals surface area contributed by atoms with Crippen LogP contribution in [0.4, 0.5) is 4.39 Å². The van der Waals surface area contributed by atoms with Crippen LogP contribution in [0.5, 0.6) is 5.75 Å². The Balaban J connectivity index is 1.77. The molecule has 22 heavy (non-hydrogen) atoms. The van der Waals surface area contributed by atoms with Crippen molar-refractivity contribution in [3.05, 3.63) is 30.1 Å². The van der Waals surface area contributed by atoms with E-state index in [0.29, 0.717) is 25.1 Å². The summed E-state index contributed by atoms with van der Waals surface area (Å²) in [5.41, 5.74) is 0. The van der Waals surface area contributed by atoms with Crippen molar-refractivity contribution in [2.75, 3.05) is 26.0 Å². The molecule has 0 radical (unpaired) electrons. The second-order valence-electron chi connectivity index (χ2n) is 5.13. The van der Waals surface area contributed by atoms with E-state index in [2.05, 4.69) is 5.32 Å². The Morgan fingerprint density at radius 3 is 2.73 bits per heavy atom. The number of halogens is 1. The Morgan fingerprint density at radius 1 is 1.41 bits per heavy atom. The van der Waals surface area contributed by atoms with Crippen LogP contribution in [-0.2, 0) is 14.8 Å². The Bertz CT molecular complexity index is 618. The highest BCUT2D eigenvalue weighted by atomic mass is 32.2. The highest BCUT2D eigenvalue weighted by Gasteiger charge is 2.36. The highest BCUT2D eigenvalue weighted by Crippen LogP contribution is 2.20. The van der Waals surface area contributed by atoms with Gasteiger partial charge in [0.25, 0.3) is 0 Å². The summed E-state index contributed by atoms with van der Waals surface area (Å²) in [4.78, 5) is 12.0. The van der Waals surface area contributed by atoms with Gasteiger partial charge in [0.2, 0.25) is 15.9 Å². The number of ether oxygens (including phenoxy) is 1. The number of rotatable bonds is 6. The van der Waals surface area contributed by atoms with Crippen molar-refractivity contribution >= 4 is 15.9 Å². The van der Waals surface area contributed by atoms with Gasteiger partial charge in [0.1, 0.15) is 24.2 Å². The molecule has 1 aromatic carbocycles. The van der Waals surface area contributed by atoms with Crippen molar-refractivity contribution < 1.29 is 22.3 Å². The standard InChI is InChI=1S/C14H19FN2O4S/c1-22(19,20)17-9-2-3-13(17)14(18)16-8-10-21-12-6-4-11(15)5-7-12/h4-7,13H,2-3,8-10H2,1H3,(H,16,18). The SMILES string of the molecule is CS(=O)(=O)N1CCCC1C(=O)NCCOc1ccc(F)cc1. The Kier molecular flexibility index (Phi) is 5.36. The zero-order chi connectivity index (χ0) is 16.2. The van der Waals surface area contributed by atoms with Crippen LogP contribution >= 0.6 is 0 Å². The minimum Gasteiger partial charge on any atom is -0.492 e. The van der Waals surface area contributed by atoms with E-state index in [1.54, 1.807) is 0 Å². The zero-order valence-corrected chi connectivity index (χ0v) is 13.1. The van der Waals surface area contributed by atoms with Gasteiger partial charge in [0.15, 0.2) is 0 Å². The lowest BCUT2D eigenvalue weighted by molar-refractivity contribution is -0.124. The van der Waals surface area contributed by atoms with E-state index in [9.17, 15) is 17.6 Å². The van der Waals surface area contributed by atoms with Crippen LogP contribution in [0.3, 0.4) is 0 Å². The summed E-state index contributed by atoms with van der Waals surface area (Å²) < 4.78 is 42.5. The van der Waals surface area contributed by atoms with Gasteiger partial charge in [-0.05, 0) is 37.1 Å². The van der Waals surface area contributed by atoms with Gasteiger partial charge in [0.05, 0.1) is 12.8 Å². The summed E-state index contributed by atoms with van der Waals surface area (Å²) in [6.45, 7) is 0.857. The number of carbonyl (C=O) groups excluding carboxylic acids is 1. The Morgan fingerprint density at radius 2 is 2.09 bits per heavy atom. The smallest absolute Gasteiger partial charge is 0.238 e. The van der Waals surface area contributed by atoms with E-state index in [4.69, 9.17) is 4.74 Å². The lowest BCUT2D eigenvalue weighted by Gasteiger charge is -2.21. The maximum Gasteiger partial charge on any atom is 0.238 e. The fraction of sp³-hybridized carbons (Fsp3) is 0.500. The molecular weight excluding hydrogens is 311 g/mol. The summed E-state index contributed by atoms with van der Waals surface area (Å²) in [7, 11) is -3.37. The van der Waals surface area contributed by atoms with Crippen molar-refractivity contribution in [1.82, 2.24) is 9.62 Å². The first-order valence-electron chi connectivity index (χ1n) is 7.01. The van der Waals surface area contributed by atoms with Crippen LogP contribution in [0, 0.1) is 5.82 Å².